The molecule has 1 aliphatic rings. The van der Waals surface area contributed by atoms with Gasteiger partial charge in [0.1, 0.15) is 5.82 Å². The average molecular weight is 284 g/mol. The number of likely N-dealkylation sites (N-methyl/N-ethyl adjacent to an activating group) is 1. The monoisotopic (exact) mass is 283 g/mol. The van der Waals surface area contributed by atoms with Gasteiger partial charge in [0.25, 0.3) is 0 Å². The molecule has 1 unspecified atom stereocenters. The number of aryl methyl sites for hydroxylation is 1. The highest BCUT2D eigenvalue weighted by Crippen LogP contribution is 2.21. The second-order valence-electron chi connectivity index (χ2n) is 4.31. The Morgan fingerprint density at radius 3 is 3.00 bits per heavy atom. The summed E-state index contributed by atoms with van der Waals surface area (Å²) in [6.07, 6.45) is 2.50. The summed E-state index contributed by atoms with van der Waals surface area (Å²) in [5.74, 6) is 1.10. The molecule has 0 aliphatic carbocycles. The second kappa shape index (κ2) is 5.15. The fourth-order valence-electron chi connectivity index (χ4n) is 2.13. The van der Waals surface area contributed by atoms with Crippen LogP contribution in [0, 0.1) is 6.92 Å². The molecule has 0 amide bonds. The van der Waals surface area contributed by atoms with Crippen LogP contribution < -0.4 is 10.2 Å². The molecule has 16 heavy (non-hydrogen) atoms. The van der Waals surface area contributed by atoms with Gasteiger partial charge in [0.2, 0.25) is 0 Å². The van der Waals surface area contributed by atoms with Crippen molar-refractivity contribution in [2.75, 3.05) is 25.0 Å². The third-order valence-electron chi connectivity index (χ3n) is 3.16. The molecule has 2 heterocycles. The van der Waals surface area contributed by atoms with Gasteiger partial charge in [0, 0.05) is 23.6 Å². The summed E-state index contributed by atoms with van der Waals surface area (Å²) >= 11 is 3.49. The largest absolute Gasteiger partial charge is 0.355 e. The molecule has 1 aromatic rings. The molecular weight excluding hydrogens is 266 g/mol. The summed E-state index contributed by atoms with van der Waals surface area (Å²) in [7, 11) is 2.04. The Morgan fingerprint density at radius 1 is 1.50 bits per heavy atom. The van der Waals surface area contributed by atoms with E-state index >= 15 is 0 Å². The van der Waals surface area contributed by atoms with Crippen molar-refractivity contribution in [3.8, 4) is 0 Å². The summed E-state index contributed by atoms with van der Waals surface area (Å²) < 4.78 is 1.08. The van der Waals surface area contributed by atoms with E-state index in [1.54, 1.807) is 0 Å². The summed E-state index contributed by atoms with van der Waals surface area (Å²) in [5, 5.41) is 3.35. The van der Waals surface area contributed by atoms with E-state index in [1.807, 2.05) is 14.0 Å². The maximum Gasteiger partial charge on any atom is 0.128 e. The molecule has 1 aromatic heterocycles. The van der Waals surface area contributed by atoms with E-state index in [0.29, 0.717) is 6.04 Å². The van der Waals surface area contributed by atoms with Crippen LogP contribution in [0.2, 0.25) is 0 Å². The van der Waals surface area contributed by atoms with Crippen LogP contribution in [0.25, 0.3) is 0 Å². The number of hydrogen-bond acceptors (Lipinski definition) is 3. The zero-order chi connectivity index (χ0) is 11.5. The third-order valence-corrected chi connectivity index (χ3v) is 4.00. The number of halogens is 1. The highest BCUT2D eigenvalue weighted by Gasteiger charge is 2.19. The van der Waals surface area contributed by atoms with Crippen LogP contribution in [0.4, 0.5) is 5.82 Å². The van der Waals surface area contributed by atoms with Gasteiger partial charge in [-0.2, -0.15) is 0 Å². The average Bonchev–Trinajstić information content (AvgIpc) is 2.33. The van der Waals surface area contributed by atoms with Crippen molar-refractivity contribution in [1.82, 2.24) is 10.3 Å². The van der Waals surface area contributed by atoms with Gasteiger partial charge in [0.15, 0.2) is 0 Å². The smallest absolute Gasteiger partial charge is 0.128 e. The summed E-state index contributed by atoms with van der Waals surface area (Å²) in [5.41, 5.74) is 1.06. The van der Waals surface area contributed by atoms with Crippen LogP contribution in [0.5, 0.6) is 0 Å². The molecule has 3 nitrogen and oxygen atoms in total. The minimum Gasteiger partial charge on any atom is -0.355 e. The number of nitrogens with one attached hydrogen (secondary N) is 1. The van der Waals surface area contributed by atoms with Crippen molar-refractivity contribution in [2.45, 2.75) is 25.8 Å². The van der Waals surface area contributed by atoms with Crippen molar-refractivity contribution < 1.29 is 0 Å². The lowest BCUT2D eigenvalue weighted by molar-refractivity contribution is 0.447. The van der Waals surface area contributed by atoms with Gasteiger partial charge in [-0.05, 0) is 54.9 Å². The molecular formula is C12H18BrN3. The zero-order valence-electron chi connectivity index (χ0n) is 9.83. The molecule has 0 bridgehead atoms. The first-order chi connectivity index (χ1) is 7.70. The number of pyridine rings is 1. The highest BCUT2D eigenvalue weighted by molar-refractivity contribution is 9.10. The number of rotatable bonds is 2. The number of aromatic nitrogens is 1. The molecule has 1 fully saturated rings. The Hall–Kier alpha value is -0.610. The summed E-state index contributed by atoms with van der Waals surface area (Å²) in [6, 6.07) is 4.77. The molecule has 88 valence electrons. The zero-order valence-corrected chi connectivity index (χ0v) is 11.4. The number of piperidine rings is 1. The van der Waals surface area contributed by atoms with Crippen LogP contribution in [-0.2, 0) is 0 Å². The van der Waals surface area contributed by atoms with E-state index in [2.05, 4.69) is 43.3 Å². The maximum absolute atomic E-state index is 4.62. The van der Waals surface area contributed by atoms with E-state index < -0.39 is 0 Å². The van der Waals surface area contributed by atoms with Gasteiger partial charge < -0.3 is 10.2 Å². The van der Waals surface area contributed by atoms with E-state index in [0.717, 1.165) is 29.1 Å². The molecule has 1 N–H and O–H groups in total. The van der Waals surface area contributed by atoms with Gasteiger partial charge in [-0.3, -0.25) is 0 Å². The predicted molar refractivity (Wildman–Crippen MR) is 71.0 cm³/mol. The molecule has 1 aliphatic heterocycles. The number of hydrogen-bond donors (Lipinski definition) is 1. The summed E-state index contributed by atoms with van der Waals surface area (Å²) in [4.78, 5) is 6.98. The van der Waals surface area contributed by atoms with Crippen LogP contribution in [0.3, 0.4) is 0 Å². The topological polar surface area (TPSA) is 28.2 Å². The van der Waals surface area contributed by atoms with E-state index in [1.165, 1.54) is 12.8 Å². The lowest BCUT2D eigenvalue weighted by Gasteiger charge is -2.33. The Bertz CT molecular complexity index is 367. The van der Waals surface area contributed by atoms with Crippen molar-refractivity contribution in [3.63, 3.8) is 0 Å². The lowest BCUT2D eigenvalue weighted by atomic mass is 10.1. The molecule has 0 aromatic carbocycles. The van der Waals surface area contributed by atoms with Gasteiger partial charge in [-0.15, -0.1) is 0 Å². The fourth-order valence-corrected chi connectivity index (χ4v) is 2.35. The lowest BCUT2D eigenvalue weighted by Crippen LogP contribution is -2.44. The van der Waals surface area contributed by atoms with Crippen molar-refractivity contribution >= 4 is 21.7 Å². The minimum absolute atomic E-state index is 0.597. The SMILES string of the molecule is CNC1CCCN(c2ccc(Br)c(C)n2)C1. The van der Waals surface area contributed by atoms with Crippen molar-refractivity contribution in [2.24, 2.45) is 0 Å². The molecule has 0 spiro atoms. The van der Waals surface area contributed by atoms with E-state index in [4.69, 9.17) is 0 Å². The van der Waals surface area contributed by atoms with Gasteiger partial charge in [0.05, 0.1) is 5.69 Å². The Morgan fingerprint density at radius 2 is 2.31 bits per heavy atom. The maximum atomic E-state index is 4.62. The Kier molecular flexibility index (Phi) is 3.82. The molecule has 1 saturated heterocycles. The normalized spacial score (nSPS) is 21.2. The molecule has 0 radical (unpaired) electrons. The molecule has 1 atom stereocenters. The fraction of sp³-hybridized carbons (Fsp3) is 0.583. The number of nitrogens with zero attached hydrogens (tertiary/aromatic N) is 2. The van der Waals surface area contributed by atoms with Crippen LogP contribution in [-0.4, -0.2) is 31.2 Å². The first-order valence-electron chi connectivity index (χ1n) is 5.76. The van der Waals surface area contributed by atoms with Crippen LogP contribution in [0.15, 0.2) is 16.6 Å². The Balaban J connectivity index is 2.13. The van der Waals surface area contributed by atoms with Crippen molar-refractivity contribution in [1.29, 1.82) is 0 Å². The van der Waals surface area contributed by atoms with Gasteiger partial charge in [-0.25, -0.2) is 4.98 Å². The molecule has 0 saturated carbocycles. The second-order valence-corrected chi connectivity index (χ2v) is 5.16. The quantitative estimate of drug-likeness (QED) is 0.903. The first kappa shape index (κ1) is 11.9. The first-order valence-corrected chi connectivity index (χ1v) is 6.55. The highest BCUT2D eigenvalue weighted by atomic mass is 79.9. The summed E-state index contributed by atoms with van der Waals surface area (Å²) in [6.45, 7) is 4.21. The van der Waals surface area contributed by atoms with Crippen LogP contribution >= 0.6 is 15.9 Å². The van der Waals surface area contributed by atoms with Crippen LogP contribution in [0.1, 0.15) is 18.5 Å². The van der Waals surface area contributed by atoms with Gasteiger partial charge in [-0.1, -0.05) is 0 Å². The van der Waals surface area contributed by atoms with Crippen molar-refractivity contribution in [3.05, 3.63) is 22.3 Å². The Labute approximate surface area is 105 Å². The minimum atomic E-state index is 0.597. The molecule has 2 rings (SSSR count). The van der Waals surface area contributed by atoms with E-state index in [9.17, 15) is 0 Å². The predicted octanol–water partition coefficient (Wildman–Crippen LogP) is 2.34. The standard InChI is InChI=1S/C12H18BrN3/c1-9-11(13)5-6-12(15-9)16-7-3-4-10(8-16)14-2/h5-6,10,14H,3-4,7-8H2,1-2H3. The van der Waals surface area contributed by atoms with E-state index in [-0.39, 0.29) is 0 Å². The number of anilines is 1. The van der Waals surface area contributed by atoms with Gasteiger partial charge >= 0.3 is 0 Å². The third kappa shape index (κ3) is 2.55. The molecule has 4 heteroatoms.